The van der Waals surface area contributed by atoms with Gasteiger partial charge in [0, 0.05) is 21.5 Å². The summed E-state index contributed by atoms with van der Waals surface area (Å²) >= 11 is 6.16. The van der Waals surface area contributed by atoms with Crippen LogP contribution in [0.15, 0.2) is 111 Å². The standard InChI is InChI=1S/C31H19ClN4O3/c32-24-13-14-28-23(15-24)16-29(39-28)30-35-26-11-5-4-10-25(26)31(37)36(30)34-18-21-8-3-6-12-27(21)38-19-22-9-2-1-7-20(22)17-33/h1-16,18H,19H2. The van der Waals surface area contributed by atoms with Crippen LogP contribution in [0.4, 0.5) is 0 Å². The number of halogens is 1. The Morgan fingerprint density at radius 2 is 1.79 bits per heavy atom. The molecular formula is C31H19ClN4O3. The normalized spacial score (nSPS) is 11.3. The van der Waals surface area contributed by atoms with E-state index >= 15 is 0 Å². The average molecular weight is 531 g/mol. The van der Waals surface area contributed by atoms with Crippen molar-refractivity contribution in [2.75, 3.05) is 0 Å². The molecule has 0 fully saturated rings. The first-order chi connectivity index (χ1) is 19.1. The van der Waals surface area contributed by atoms with E-state index < -0.39 is 0 Å². The molecule has 2 heterocycles. The number of furan rings is 1. The number of fused-ring (bicyclic) bond motifs is 2. The van der Waals surface area contributed by atoms with E-state index in [4.69, 9.17) is 25.7 Å². The summed E-state index contributed by atoms with van der Waals surface area (Å²) < 4.78 is 13.3. The Balaban J connectivity index is 1.42. The van der Waals surface area contributed by atoms with Crippen LogP contribution < -0.4 is 10.3 Å². The summed E-state index contributed by atoms with van der Waals surface area (Å²) in [6.45, 7) is 0.207. The fourth-order valence-corrected chi connectivity index (χ4v) is 4.44. The van der Waals surface area contributed by atoms with Gasteiger partial charge in [-0.05, 0) is 54.6 Å². The van der Waals surface area contributed by atoms with Gasteiger partial charge in [0.25, 0.3) is 5.56 Å². The zero-order valence-electron chi connectivity index (χ0n) is 20.4. The average Bonchev–Trinajstić information content (AvgIpc) is 3.39. The number of nitriles is 1. The molecule has 0 aliphatic carbocycles. The molecule has 0 aliphatic rings. The molecule has 6 rings (SSSR count). The largest absolute Gasteiger partial charge is 0.488 e. The molecule has 0 saturated carbocycles. The highest BCUT2D eigenvalue weighted by Crippen LogP contribution is 2.29. The van der Waals surface area contributed by atoms with Gasteiger partial charge in [-0.25, -0.2) is 4.98 Å². The number of hydrogen-bond donors (Lipinski definition) is 0. The Hall–Kier alpha value is -5.19. The minimum Gasteiger partial charge on any atom is -0.488 e. The van der Waals surface area contributed by atoms with Crippen LogP contribution in [0, 0.1) is 11.3 Å². The number of rotatable bonds is 6. The van der Waals surface area contributed by atoms with Crippen LogP contribution in [0.1, 0.15) is 16.7 Å². The Kier molecular flexibility index (Phi) is 6.37. The monoisotopic (exact) mass is 530 g/mol. The smallest absolute Gasteiger partial charge is 0.282 e. The molecule has 188 valence electrons. The molecule has 0 N–H and O–H groups in total. The van der Waals surface area contributed by atoms with Gasteiger partial charge >= 0.3 is 0 Å². The van der Waals surface area contributed by atoms with Gasteiger partial charge in [-0.15, -0.1) is 0 Å². The van der Waals surface area contributed by atoms with E-state index in [-0.39, 0.29) is 18.0 Å². The zero-order chi connectivity index (χ0) is 26.8. The molecule has 39 heavy (non-hydrogen) atoms. The number of aromatic nitrogens is 2. The Bertz CT molecular complexity index is 1980. The van der Waals surface area contributed by atoms with E-state index in [1.807, 2.05) is 48.5 Å². The van der Waals surface area contributed by atoms with Crippen molar-refractivity contribution in [3.05, 3.63) is 129 Å². The lowest BCUT2D eigenvalue weighted by molar-refractivity contribution is 0.305. The van der Waals surface area contributed by atoms with Gasteiger partial charge in [0.2, 0.25) is 5.82 Å². The van der Waals surface area contributed by atoms with Gasteiger partial charge in [-0.3, -0.25) is 4.79 Å². The molecular weight excluding hydrogens is 512 g/mol. The van der Waals surface area contributed by atoms with E-state index in [0.717, 1.165) is 10.9 Å². The van der Waals surface area contributed by atoms with E-state index in [2.05, 4.69) is 11.2 Å². The molecule has 0 saturated heterocycles. The van der Waals surface area contributed by atoms with Crippen LogP contribution in [0.2, 0.25) is 5.02 Å². The predicted octanol–water partition coefficient (Wildman–Crippen LogP) is 6.80. The highest BCUT2D eigenvalue weighted by atomic mass is 35.5. The highest BCUT2D eigenvalue weighted by molar-refractivity contribution is 6.31. The topological polar surface area (TPSA) is 93.4 Å². The predicted molar refractivity (Wildman–Crippen MR) is 151 cm³/mol. The molecule has 0 atom stereocenters. The molecule has 0 amide bonds. The van der Waals surface area contributed by atoms with Crippen LogP contribution in [-0.2, 0) is 6.61 Å². The van der Waals surface area contributed by atoms with Crippen LogP contribution in [0.5, 0.6) is 5.75 Å². The highest BCUT2D eigenvalue weighted by Gasteiger charge is 2.17. The molecule has 6 aromatic rings. The van der Waals surface area contributed by atoms with Crippen LogP contribution in [-0.4, -0.2) is 15.9 Å². The summed E-state index contributed by atoms with van der Waals surface area (Å²) in [5, 5.41) is 15.7. The van der Waals surface area contributed by atoms with E-state index in [0.29, 0.717) is 44.1 Å². The number of ether oxygens (including phenoxy) is 1. The number of nitrogens with zero attached hydrogens (tertiary/aromatic N) is 4. The molecule has 4 aromatic carbocycles. The summed E-state index contributed by atoms with van der Waals surface area (Å²) in [5.41, 5.74) is 2.77. The zero-order valence-corrected chi connectivity index (χ0v) is 21.2. The van der Waals surface area contributed by atoms with Crippen molar-refractivity contribution in [3.63, 3.8) is 0 Å². The van der Waals surface area contributed by atoms with Gasteiger partial charge in [0.1, 0.15) is 17.9 Å². The minimum atomic E-state index is -0.341. The summed E-state index contributed by atoms with van der Waals surface area (Å²) in [7, 11) is 0. The lowest BCUT2D eigenvalue weighted by Gasteiger charge is -2.10. The van der Waals surface area contributed by atoms with Gasteiger partial charge in [-0.2, -0.15) is 15.0 Å². The van der Waals surface area contributed by atoms with Crippen LogP contribution in [0.25, 0.3) is 33.5 Å². The third-order valence-electron chi connectivity index (χ3n) is 6.20. The van der Waals surface area contributed by atoms with Crippen molar-refractivity contribution in [2.24, 2.45) is 5.10 Å². The first-order valence-electron chi connectivity index (χ1n) is 12.1. The minimum absolute atomic E-state index is 0.207. The molecule has 0 spiro atoms. The van der Waals surface area contributed by atoms with Crippen molar-refractivity contribution >= 4 is 39.7 Å². The summed E-state index contributed by atoms with van der Waals surface area (Å²) in [6.07, 6.45) is 1.55. The van der Waals surface area contributed by atoms with Gasteiger partial charge < -0.3 is 9.15 Å². The van der Waals surface area contributed by atoms with Gasteiger partial charge in [-0.1, -0.05) is 54.1 Å². The molecule has 0 radical (unpaired) electrons. The van der Waals surface area contributed by atoms with Crippen LogP contribution in [0.3, 0.4) is 0 Å². The Morgan fingerprint density at radius 3 is 2.69 bits per heavy atom. The van der Waals surface area contributed by atoms with E-state index in [9.17, 15) is 10.1 Å². The summed E-state index contributed by atoms with van der Waals surface area (Å²) in [6, 6.07) is 31.0. The Labute approximate surface area is 227 Å². The second kappa shape index (κ2) is 10.3. The van der Waals surface area contributed by atoms with Crippen molar-refractivity contribution in [1.82, 2.24) is 9.66 Å². The SMILES string of the molecule is N#Cc1ccccc1COc1ccccc1C=Nn1c(-c2cc3cc(Cl)ccc3o2)nc2ccccc2c1=O. The molecule has 2 aromatic heterocycles. The summed E-state index contributed by atoms with van der Waals surface area (Å²) in [5.74, 6) is 1.18. The number of hydrogen-bond acceptors (Lipinski definition) is 6. The third kappa shape index (κ3) is 4.77. The fraction of sp³-hybridized carbons (Fsp3) is 0.0323. The molecule has 7 nitrogen and oxygen atoms in total. The third-order valence-corrected chi connectivity index (χ3v) is 6.44. The quantitative estimate of drug-likeness (QED) is 0.221. The lowest BCUT2D eigenvalue weighted by Crippen LogP contribution is -2.20. The van der Waals surface area contributed by atoms with E-state index in [1.54, 1.807) is 54.7 Å². The first-order valence-corrected chi connectivity index (χ1v) is 12.4. The van der Waals surface area contributed by atoms with Gasteiger partial charge in [0.15, 0.2) is 5.76 Å². The number of benzene rings is 4. The van der Waals surface area contributed by atoms with Gasteiger partial charge in [0.05, 0.1) is 28.8 Å². The van der Waals surface area contributed by atoms with Crippen molar-refractivity contribution < 1.29 is 9.15 Å². The second-order valence-corrected chi connectivity index (χ2v) is 9.14. The molecule has 8 heteroatoms. The summed E-state index contributed by atoms with van der Waals surface area (Å²) in [4.78, 5) is 18.3. The van der Waals surface area contributed by atoms with Crippen molar-refractivity contribution in [1.29, 1.82) is 5.26 Å². The maximum Gasteiger partial charge on any atom is 0.282 e. The molecule has 0 aliphatic heterocycles. The maximum absolute atomic E-state index is 13.6. The number of para-hydroxylation sites is 2. The van der Waals surface area contributed by atoms with Crippen molar-refractivity contribution in [2.45, 2.75) is 6.61 Å². The fourth-order valence-electron chi connectivity index (χ4n) is 4.26. The van der Waals surface area contributed by atoms with Crippen LogP contribution >= 0.6 is 11.6 Å². The van der Waals surface area contributed by atoms with E-state index in [1.165, 1.54) is 4.68 Å². The Morgan fingerprint density at radius 1 is 1.00 bits per heavy atom. The lowest BCUT2D eigenvalue weighted by atomic mass is 10.1. The van der Waals surface area contributed by atoms with Crippen molar-refractivity contribution in [3.8, 4) is 23.4 Å². The first kappa shape index (κ1) is 24.2. The molecule has 0 unspecified atom stereocenters. The maximum atomic E-state index is 13.6. The molecule has 0 bridgehead atoms. The second-order valence-electron chi connectivity index (χ2n) is 8.70.